The van der Waals surface area contributed by atoms with E-state index in [4.69, 9.17) is 4.74 Å². The van der Waals surface area contributed by atoms with Gasteiger partial charge in [-0.05, 0) is 36.5 Å². The van der Waals surface area contributed by atoms with Crippen molar-refractivity contribution in [1.29, 1.82) is 0 Å². The standard InChI is InChI=1S/C27H28N4O5S/c1-5-36-26(33)21-16(4)28-24-23(22(21)19-10-8-18(9-11-19)15(2)3)25(32)30-27(29-24)37-14-17-6-12-20(13-7-17)31(34)35/h6-13,15,22H,5,14H2,1-4H3,(H2,28,29,30,32). The van der Waals surface area contributed by atoms with Crippen LogP contribution < -0.4 is 10.9 Å². The summed E-state index contributed by atoms with van der Waals surface area (Å²) in [5.41, 5.74) is 3.78. The molecule has 10 heteroatoms. The van der Waals surface area contributed by atoms with Crippen LogP contribution in [0.15, 0.2) is 69.8 Å². The lowest BCUT2D eigenvalue weighted by Gasteiger charge is -2.29. The molecule has 2 heterocycles. The van der Waals surface area contributed by atoms with Crippen LogP contribution in [0.4, 0.5) is 11.5 Å². The monoisotopic (exact) mass is 520 g/mol. The quantitative estimate of drug-likeness (QED) is 0.131. The molecule has 0 amide bonds. The third kappa shape index (κ3) is 5.59. The molecule has 0 radical (unpaired) electrons. The Bertz CT molecular complexity index is 1410. The second kappa shape index (κ2) is 11.0. The van der Waals surface area contributed by atoms with Crippen LogP contribution in [0.3, 0.4) is 0 Å². The molecule has 192 valence electrons. The molecule has 0 saturated carbocycles. The number of non-ortho nitro benzene ring substituents is 1. The molecule has 0 spiro atoms. The zero-order valence-corrected chi connectivity index (χ0v) is 21.8. The number of carbonyl (C=O) groups is 1. The summed E-state index contributed by atoms with van der Waals surface area (Å²) in [6.07, 6.45) is 0. The number of nitrogens with one attached hydrogen (secondary N) is 2. The minimum absolute atomic E-state index is 0.0189. The molecule has 0 bridgehead atoms. The lowest BCUT2D eigenvalue weighted by atomic mass is 9.81. The number of carbonyl (C=O) groups excluding carboxylic acids is 1. The largest absolute Gasteiger partial charge is 0.463 e. The van der Waals surface area contributed by atoms with Crippen molar-refractivity contribution >= 4 is 29.2 Å². The Morgan fingerprint density at radius 2 is 1.84 bits per heavy atom. The van der Waals surface area contributed by atoms with E-state index >= 15 is 0 Å². The number of nitrogens with zero attached hydrogens (tertiary/aromatic N) is 2. The van der Waals surface area contributed by atoms with E-state index in [0.717, 1.165) is 16.7 Å². The third-order valence-electron chi connectivity index (χ3n) is 6.18. The summed E-state index contributed by atoms with van der Waals surface area (Å²) in [4.78, 5) is 44.3. The van der Waals surface area contributed by atoms with E-state index < -0.39 is 16.8 Å². The predicted octanol–water partition coefficient (Wildman–Crippen LogP) is 5.49. The van der Waals surface area contributed by atoms with E-state index in [0.29, 0.717) is 39.5 Å². The van der Waals surface area contributed by atoms with E-state index in [9.17, 15) is 19.7 Å². The molecule has 37 heavy (non-hydrogen) atoms. The second-order valence-electron chi connectivity index (χ2n) is 8.98. The van der Waals surface area contributed by atoms with Gasteiger partial charge in [0, 0.05) is 23.6 Å². The van der Waals surface area contributed by atoms with Gasteiger partial charge in [-0.3, -0.25) is 14.9 Å². The molecule has 0 saturated heterocycles. The zero-order valence-electron chi connectivity index (χ0n) is 21.0. The van der Waals surface area contributed by atoms with Gasteiger partial charge in [0.05, 0.1) is 28.6 Å². The van der Waals surface area contributed by atoms with E-state index in [2.05, 4.69) is 29.1 Å². The molecule has 2 N–H and O–H groups in total. The molecule has 4 rings (SSSR count). The number of nitro groups is 1. The Kier molecular flexibility index (Phi) is 7.77. The Balaban J connectivity index is 1.70. The molecular formula is C27H28N4O5S. The third-order valence-corrected chi connectivity index (χ3v) is 7.12. The summed E-state index contributed by atoms with van der Waals surface area (Å²) in [5.74, 6) is 0.0755. The van der Waals surface area contributed by atoms with Crippen molar-refractivity contribution in [3.05, 3.63) is 103 Å². The second-order valence-corrected chi connectivity index (χ2v) is 9.95. The van der Waals surface area contributed by atoms with Gasteiger partial charge in [-0.2, -0.15) is 0 Å². The van der Waals surface area contributed by atoms with Crippen LogP contribution >= 0.6 is 11.8 Å². The fraction of sp³-hybridized carbons (Fsp3) is 0.296. The number of anilines is 1. The molecule has 2 aromatic carbocycles. The first-order valence-electron chi connectivity index (χ1n) is 11.9. The van der Waals surface area contributed by atoms with Gasteiger partial charge in [0.15, 0.2) is 5.16 Å². The van der Waals surface area contributed by atoms with Crippen molar-refractivity contribution < 1.29 is 14.5 Å². The summed E-state index contributed by atoms with van der Waals surface area (Å²) in [7, 11) is 0. The number of aromatic nitrogens is 2. The zero-order chi connectivity index (χ0) is 26.7. The van der Waals surface area contributed by atoms with Gasteiger partial charge in [-0.15, -0.1) is 0 Å². The highest BCUT2D eigenvalue weighted by Crippen LogP contribution is 2.40. The lowest BCUT2D eigenvalue weighted by Crippen LogP contribution is -2.31. The number of aromatic amines is 1. The first kappa shape index (κ1) is 26.2. The smallest absolute Gasteiger partial charge is 0.336 e. The maximum absolute atomic E-state index is 13.4. The van der Waals surface area contributed by atoms with Crippen LogP contribution in [0.5, 0.6) is 0 Å². The van der Waals surface area contributed by atoms with E-state index in [1.54, 1.807) is 26.0 Å². The van der Waals surface area contributed by atoms with Gasteiger partial charge in [-0.25, -0.2) is 9.78 Å². The molecule has 1 aliphatic rings. The Labute approximate surface area is 218 Å². The Morgan fingerprint density at radius 1 is 1.16 bits per heavy atom. The maximum Gasteiger partial charge on any atom is 0.336 e. The number of thioether (sulfide) groups is 1. The van der Waals surface area contributed by atoms with Gasteiger partial charge < -0.3 is 15.0 Å². The number of hydrogen-bond acceptors (Lipinski definition) is 8. The number of H-pyrrole nitrogens is 1. The maximum atomic E-state index is 13.4. The van der Waals surface area contributed by atoms with Crippen LogP contribution in [0.2, 0.25) is 0 Å². The molecule has 3 aromatic rings. The predicted molar refractivity (Wildman–Crippen MR) is 143 cm³/mol. The number of ether oxygens (including phenoxy) is 1. The number of fused-ring (bicyclic) bond motifs is 1. The van der Waals surface area contributed by atoms with Crippen molar-refractivity contribution in [2.75, 3.05) is 11.9 Å². The van der Waals surface area contributed by atoms with Crippen molar-refractivity contribution in [3.63, 3.8) is 0 Å². The first-order valence-corrected chi connectivity index (χ1v) is 12.9. The van der Waals surface area contributed by atoms with Crippen LogP contribution in [0.25, 0.3) is 0 Å². The van der Waals surface area contributed by atoms with E-state index in [1.807, 2.05) is 24.3 Å². The van der Waals surface area contributed by atoms with Gasteiger partial charge in [0.25, 0.3) is 11.2 Å². The molecule has 1 unspecified atom stereocenters. The summed E-state index contributed by atoms with van der Waals surface area (Å²) in [6, 6.07) is 14.1. The van der Waals surface area contributed by atoms with Gasteiger partial charge in [-0.1, -0.05) is 62.0 Å². The number of hydrogen-bond donors (Lipinski definition) is 2. The number of nitro benzene ring substituents is 1. The van der Waals surface area contributed by atoms with Gasteiger partial charge in [0.2, 0.25) is 0 Å². The van der Waals surface area contributed by atoms with Crippen LogP contribution in [0, 0.1) is 10.1 Å². The summed E-state index contributed by atoms with van der Waals surface area (Å²) >= 11 is 1.31. The van der Waals surface area contributed by atoms with Crippen molar-refractivity contribution in [2.24, 2.45) is 0 Å². The highest BCUT2D eigenvalue weighted by molar-refractivity contribution is 7.98. The lowest BCUT2D eigenvalue weighted by molar-refractivity contribution is -0.384. The molecule has 1 atom stereocenters. The van der Waals surface area contributed by atoms with Crippen LogP contribution in [0.1, 0.15) is 61.8 Å². The summed E-state index contributed by atoms with van der Waals surface area (Å²) in [6.45, 7) is 7.94. The highest BCUT2D eigenvalue weighted by Gasteiger charge is 2.36. The van der Waals surface area contributed by atoms with Crippen molar-refractivity contribution in [3.8, 4) is 0 Å². The number of rotatable bonds is 8. The minimum atomic E-state index is -0.638. The molecule has 0 aliphatic carbocycles. The number of allylic oxidation sites excluding steroid dienone is 1. The molecule has 1 aromatic heterocycles. The number of esters is 1. The minimum Gasteiger partial charge on any atom is -0.463 e. The average Bonchev–Trinajstić information content (AvgIpc) is 2.87. The Morgan fingerprint density at radius 3 is 2.43 bits per heavy atom. The van der Waals surface area contributed by atoms with E-state index in [-0.39, 0.29) is 17.9 Å². The average molecular weight is 521 g/mol. The SMILES string of the molecule is CCOC(=O)C1=C(C)Nc2nc(SCc3ccc([N+](=O)[O-])cc3)[nH]c(=O)c2C1c1ccc(C(C)C)cc1. The number of benzene rings is 2. The highest BCUT2D eigenvalue weighted by atomic mass is 32.2. The Hall–Kier alpha value is -3.92. The molecular weight excluding hydrogens is 492 g/mol. The normalized spacial score (nSPS) is 14.8. The van der Waals surface area contributed by atoms with Crippen LogP contribution in [-0.4, -0.2) is 27.5 Å². The summed E-state index contributed by atoms with van der Waals surface area (Å²) < 4.78 is 5.34. The fourth-order valence-corrected chi connectivity index (χ4v) is 5.07. The van der Waals surface area contributed by atoms with Gasteiger partial charge >= 0.3 is 5.97 Å². The van der Waals surface area contributed by atoms with Crippen molar-refractivity contribution in [2.45, 2.75) is 50.4 Å². The topological polar surface area (TPSA) is 127 Å². The molecule has 1 aliphatic heterocycles. The molecule has 0 fully saturated rings. The summed E-state index contributed by atoms with van der Waals surface area (Å²) in [5, 5.41) is 14.4. The molecule has 9 nitrogen and oxygen atoms in total. The van der Waals surface area contributed by atoms with E-state index in [1.165, 1.54) is 23.9 Å². The van der Waals surface area contributed by atoms with Gasteiger partial charge in [0.1, 0.15) is 5.82 Å². The first-order chi connectivity index (χ1) is 17.7. The fourth-order valence-electron chi connectivity index (χ4n) is 4.25. The van der Waals surface area contributed by atoms with Crippen molar-refractivity contribution in [1.82, 2.24) is 9.97 Å². The van der Waals surface area contributed by atoms with Crippen LogP contribution in [-0.2, 0) is 15.3 Å².